The minimum Gasteiger partial charge on any atom is -0.326 e. The number of carbonyl (C=O) groups is 1. The normalized spacial score (nSPS) is 10.7. The van der Waals surface area contributed by atoms with Gasteiger partial charge >= 0.3 is 0 Å². The van der Waals surface area contributed by atoms with Crippen LogP contribution in [0.4, 0.5) is 5.69 Å². The third-order valence-electron chi connectivity index (χ3n) is 3.56. The summed E-state index contributed by atoms with van der Waals surface area (Å²) in [6.07, 6.45) is 2.04. The molecule has 0 radical (unpaired) electrons. The van der Waals surface area contributed by atoms with Crippen LogP contribution in [-0.2, 0) is 11.2 Å². The van der Waals surface area contributed by atoms with Crippen molar-refractivity contribution < 1.29 is 4.79 Å². The summed E-state index contributed by atoms with van der Waals surface area (Å²) in [5, 5.41) is 12.3. The van der Waals surface area contributed by atoms with Gasteiger partial charge in [0.05, 0.1) is 18.4 Å². The van der Waals surface area contributed by atoms with E-state index in [0.29, 0.717) is 0 Å². The van der Waals surface area contributed by atoms with Crippen LogP contribution in [-0.4, -0.2) is 25.7 Å². The van der Waals surface area contributed by atoms with Crippen molar-refractivity contribution in [1.29, 1.82) is 0 Å². The van der Waals surface area contributed by atoms with Gasteiger partial charge in [0.25, 0.3) is 0 Å². The molecule has 0 fully saturated rings. The third kappa shape index (κ3) is 3.45. The van der Waals surface area contributed by atoms with E-state index in [2.05, 4.69) is 20.5 Å². The van der Waals surface area contributed by atoms with E-state index >= 15 is 0 Å². The van der Waals surface area contributed by atoms with E-state index in [1.165, 1.54) is 11.3 Å². The summed E-state index contributed by atoms with van der Waals surface area (Å²) >= 11 is 1.44. The lowest BCUT2D eigenvalue weighted by atomic mass is 10.2. The SMILES string of the molecule is Cc1nnc(CC(=O)Nc2ccc(-n3cnc(C)c3C)cc2)s1. The van der Waals surface area contributed by atoms with Gasteiger partial charge in [-0.25, -0.2) is 4.98 Å². The Bertz CT molecular complexity index is 835. The zero-order valence-electron chi connectivity index (χ0n) is 13.2. The zero-order chi connectivity index (χ0) is 16.4. The van der Waals surface area contributed by atoms with Gasteiger partial charge in [0.15, 0.2) is 0 Å². The molecule has 1 amide bonds. The van der Waals surface area contributed by atoms with Crippen LogP contribution in [0.2, 0.25) is 0 Å². The second kappa shape index (κ2) is 6.29. The molecule has 3 rings (SSSR count). The molecular weight excluding hydrogens is 310 g/mol. The molecule has 2 aromatic heterocycles. The maximum Gasteiger partial charge on any atom is 0.231 e. The topological polar surface area (TPSA) is 72.7 Å². The summed E-state index contributed by atoms with van der Waals surface area (Å²) in [5.74, 6) is -0.0939. The minimum atomic E-state index is -0.0939. The lowest BCUT2D eigenvalue weighted by Gasteiger charge is -2.08. The zero-order valence-corrected chi connectivity index (χ0v) is 14.0. The number of nitrogens with zero attached hydrogens (tertiary/aromatic N) is 4. The number of nitrogens with one attached hydrogen (secondary N) is 1. The molecule has 0 unspecified atom stereocenters. The Hall–Kier alpha value is -2.54. The van der Waals surface area contributed by atoms with E-state index in [1.807, 2.05) is 49.6 Å². The largest absolute Gasteiger partial charge is 0.326 e. The summed E-state index contributed by atoms with van der Waals surface area (Å²) in [6.45, 7) is 5.88. The van der Waals surface area contributed by atoms with Gasteiger partial charge in [-0.2, -0.15) is 0 Å². The second-order valence-electron chi connectivity index (χ2n) is 5.27. The van der Waals surface area contributed by atoms with Crippen molar-refractivity contribution in [1.82, 2.24) is 19.7 Å². The number of aromatic nitrogens is 4. The Balaban J connectivity index is 1.67. The van der Waals surface area contributed by atoms with Gasteiger partial charge in [-0.1, -0.05) is 0 Å². The van der Waals surface area contributed by atoms with Crippen molar-refractivity contribution in [3.8, 4) is 5.69 Å². The van der Waals surface area contributed by atoms with Crippen molar-refractivity contribution in [2.24, 2.45) is 0 Å². The first-order valence-electron chi connectivity index (χ1n) is 7.23. The van der Waals surface area contributed by atoms with Crippen molar-refractivity contribution in [2.75, 3.05) is 5.32 Å². The Morgan fingerprint density at radius 2 is 1.91 bits per heavy atom. The van der Waals surface area contributed by atoms with E-state index in [0.717, 1.165) is 32.8 Å². The van der Waals surface area contributed by atoms with Crippen LogP contribution < -0.4 is 5.32 Å². The molecule has 0 aliphatic heterocycles. The van der Waals surface area contributed by atoms with Crippen LogP contribution >= 0.6 is 11.3 Å². The lowest BCUT2D eigenvalue weighted by Crippen LogP contribution is -2.14. The summed E-state index contributed by atoms with van der Waals surface area (Å²) in [4.78, 5) is 16.3. The van der Waals surface area contributed by atoms with Gasteiger partial charge in [-0.05, 0) is 45.0 Å². The number of amides is 1. The molecule has 3 aromatic rings. The van der Waals surface area contributed by atoms with Gasteiger partial charge < -0.3 is 9.88 Å². The fourth-order valence-corrected chi connectivity index (χ4v) is 2.92. The maximum atomic E-state index is 12.0. The molecule has 2 heterocycles. The van der Waals surface area contributed by atoms with E-state index in [1.54, 1.807) is 6.33 Å². The quantitative estimate of drug-likeness (QED) is 0.800. The summed E-state index contributed by atoms with van der Waals surface area (Å²) in [6, 6.07) is 7.68. The van der Waals surface area contributed by atoms with E-state index < -0.39 is 0 Å². The highest BCUT2D eigenvalue weighted by atomic mass is 32.1. The third-order valence-corrected chi connectivity index (χ3v) is 4.40. The smallest absolute Gasteiger partial charge is 0.231 e. The summed E-state index contributed by atoms with van der Waals surface area (Å²) in [7, 11) is 0. The van der Waals surface area contributed by atoms with Gasteiger partial charge in [-0.15, -0.1) is 21.5 Å². The van der Waals surface area contributed by atoms with Gasteiger partial charge in [0.2, 0.25) is 5.91 Å². The Labute approximate surface area is 138 Å². The average molecular weight is 327 g/mol. The molecule has 0 aliphatic carbocycles. The van der Waals surface area contributed by atoms with Gasteiger partial charge in [-0.3, -0.25) is 4.79 Å². The van der Waals surface area contributed by atoms with Crippen LogP contribution in [0.15, 0.2) is 30.6 Å². The molecule has 0 bridgehead atoms. The van der Waals surface area contributed by atoms with Gasteiger partial charge in [0.1, 0.15) is 10.0 Å². The maximum absolute atomic E-state index is 12.0. The van der Waals surface area contributed by atoms with Crippen molar-refractivity contribution >= 4 is 22.9 Å². The second-order valence-corrected chi connectivity index (χ2v) is 6.54. The monoisotopic (exact) mass is 327 g/mol. The fraction of sp³-hybridized carbons (Fsp3) is 0.250. The number of anilines is 1. The van der Waals surface area contributed by atoms with Crippen LogP contribution in [0.5, 0.6) is 0 Å². The first kappa shape index (κ1) is 15.4. The lowest BCUT2D eigenvalue weighted by molar-refractivity contribution is -0.115. The van der Waals surface area contributed by atoms with E-state index in [9.17, 15) is 4.79 Å². The minimum absolute atomic E-state index is 0.0939. The highest BCUT2D eigenvalue weighted by Gasteiger charge is 2.09. The number of rotatable bonds is 4. The number of aryl methyl sites for hydroxylation is 2. The molecule has 0 saturated heterocycles. The number of hydrogen-bond acceptors (Lipinski definition) is 5. The van der Waals surface area contributed by atoms with E-state index in [-0.39, 0.29) is 12.3 Å². The van der Waals surface area contributed by atoms with Crippen molar-refractivity contribution in [3.05, 3.63) is 52.0 Å². The van der Waals surface area contributed by atoms with Crippen LogP contribution in [0.25, 0.3) is 5.69 Å². The van der Waals surface area contributed by atoms with Gasteiger partial charge in [0, 0.05) is 17.1 Å². The van der Waals surface area contributed by atoms with Crippen molar-refractivity contribution in [2.45, 2.75) is 27.2 Å². The molecule has 23 heavy (non-hydrogen) atoms. The average Bonchev–Trinajstić information content (AvgIpc) is 3.07. The molecule has 6 nitrogen and oxygen atoms in total. The predicted octanol–water partition coefficient (Wildman–Crippen LogP) is 2.83. The molecule has 0 spiro atoms. The number of hydrogen-bond donors (Lipinski definition) is 1. The molecular formula is C16H17N5OS. The molecule has 0 atom stereocenters. The Kier molecular flexibility index (Phi) is 4.20. The van der Waals surface area contributed by atoms with Crippen molar-refractivity contribution in [3.63, 3.8) is 0 Å². The summed E-state index contributed by atoms with van der Waals surface area (Å²) < 4.78 is 2.02. The Morgan fingerprint density at radius 1 is 1.17 bits per heavy atom. The highest BCUT2D eigenvalue weighted by Crippen LogP contribution is 2.17. The number of imidazole rings is 1. The number of benzene rings is 1. The molecule has 0 aliphatic rings. The molecule has 1 N–H and O–H groups in total. The molecule has 118 valence electrons. The molecule has 0 saturated carbocycles. The molecule has 1 aromatic carbocycles. The summed E-state index contributed by atoms with van der Waals surface area (Å²) in [5.41, 5.74) is 3.89. The standard InChI is InChI=1S/C16H17N5OS/c1-10-11(2)21(9-17-10)14-6-4-13(5-7-14)18-15(22)8-16-20-19-12(3)23-16/h4-7,9H,8H2,1-3H3,(H,18,22). The molecule has 7 heteroatoms. The highest BCUT2D eigenvalue weighted by molar-refractivity contribution is 7.11. The predicted molar refractivity (Wildman–Crippen MR) is 90.0 cm³/mol. The Morgan fingerprint density at radius 3 is 2.48 bits per heavy atom. The number of carbonyl (C=O) groups excluding carboxylic acids is 1. The van der Waals surface area contributed by atoms with E-state index in [4.69, 9.17) is 0 Å². The van der Waals surface area contributed by atoms with Crippen LogP contribution in [0.3, 0.4) is 0 Å². The first-order valence-corrected chi connectivity index (χ1v) is 8.04. The van der Waals surface area contributed by atoms with Crippen LogP contribution in [0, 0.1) is 20.8 Å². The van der Waals surface area contributed by atoms with Crippen LogP contribution in [0.1, 0.15) is 21.4 Å². The fourth-order valence-electron chi connectivity index (χ4n) is 2.22. The first-order chi connectivity index (χ1) is 11.0.